The third kappa shape index (κ3) is 1.78. The van der Waals surface area contributed by atoms with Gasteiger partial charge in [-0.15, -0.1) is 0 Å². The first-order valence-corrected chi connectivity index (χ1v) is 8.58. The van der Waals surface area contributed by atoms with E-state index in [1.54, 1.807) is 16.4 Å². The Morgan fingerprint density at radius 1 is 1.25 bits per heavy atom. The van der Waals surface area contributed by atoms with Crippen molar-refractivity contribution in [2.45, 2.75) is 43.5 Å². The highest BCUT2D eigenvalue weighted by Crippen LogP contribution is 2.51. The molecule has 1 aromatic rings. The molecule has 3 nitrogen and oxygen atoms in total. The van der Waals surface area contributed by atoms with E-state index in [0.29, 0.717) is 17.4 Å². The van der Waals surface area contributed by atoms with E-state index in [-0.39, 0.29) is 5.54 Å². The van der Waals surface area contributed by atoms with Crippen molar-refractivity contribution in [2.24, 2.45) is 5.92 Å². The van der Waals surface area contributed by atoms with Gasteiger partial charge in [-0.1, -0.05) is 29.8 Å². The van der Waals surface area contributed by atoms with Crippen LogP contribution in [-0.2, 0) is 10.0 Å². The number of benzene rings is 1. The SMILES string of the molecule is C=C1CC[C@H]2CCN(S(=O)(=O)c3ccc(C)cc3)[C@@]12C. The molecule has 20 heavy (non-hydrogen) atoms. The van der Waals surface area contributed by atoms with E-state index < -0.39 is 10.0 Å². The zero-order chi connectivity index (χ0) is 14.5. The molecule has 1 saturated heterocycles. The van der Waals surface area contributed by atoms with Crippen LogP contribution in [0.5, 0.6) is 0 Å². The molecule has 2 fully saturated rings. The fourth-order valence-electron chi connectivity index (χ4n) is 3.69. The van der Waals surface area contributed by atoms with Crippen LogP contribution in [-0.4, -0.2) is 24.8 Å². The molecule has 1 aliphatic heterocycles. The van der Waals surface area contributed by atoms with E-state index in [1.165, 1.54) is 0 Å². The van der Waals surface area contributed by atoms with Crippen molar-refractivity contribution < 1.29 is 8.42 Å². The van der Waals surface area contributed by atoms with Crippen molar-refractivity contribution in [1.82, 2.24) is 4.31 Å². The highest BCUT2D eigenvalue weighted by molar-refractivity contribution is 7.89. The van der Waals surface area contributed by atoms with Gasteiger partial charge in [0.15, 0.2) is 0 Å². The van der Waals surface area contributed by atoms with Crippen LogP contribution < -0.4 is 0 Å². The van der Waals surface area contributed by atoms with Crippen LogP contribution in [0.2, 0.25) is 0 Å². The van der Waals surface area contributed by atoms with Crippen LogP contribution in [0.3, 0.4) is 0 Å². The zero-order valence-corrected chi connectivity index (χ0v) is 12.9. The van der Waals surface area contributed by atoms with Gasteiger partial charge in [0.2, 0.25) is 10.0 Å². The first kappa shape index (κ1) is 13.8. The Kier molecular flexibility index (Phi) is 3.07. The number of aryl methyl sites for hydroxylation is 1. The van der Waals surface area contributed by atoms with E-state index in [1.807, 2.05) is 26.0 Å². The Bertz CT molecular complexity index is 648. The highest BCUT2D eigenvalue weighted by atomic mass is 32.2. The second-order valence-corrected chi connectivity index (χ2v) is 8.03. The Hall–Kier alpha value is -1.13. The summed E-state index contributed by atoms with van der Waals surface area (Å²) in [5.74, 6) is 0.426. The minimum absolute atomic E-state index is 0.385. The van der Waals surface area contributed by atoms with Gasteiger partial charge in [0.05, 0.1) is 10.4 Å². The van der Waals surface area contributed by atoms with Gasteiger partial charge in [-0.05, 0) is 51.2 Å². The minimum atomic E-state index is -3.43. The molecule has 0 unspecified atom stereocenters. The standard InChI is InChI=1S/C16H21NO2S/c1-12-4-8-15(9-5-12)20(18,19)17-11-10-14-7-6-13(2)16(14,17)3/h4-5,8-9,14H,2,6-7,10-11H2,1,3H3/t14-,16-/m0/s1. The lowest BCUT2D eigenvalue weighted by Crippen LogP contribution is -2.47. The van der Waals surface area contributed by atoms with E-state index >= 15 is 0 Å². The quantitative estimate of drug-likeness (QED) is 0.785. The molecule has 3 rings (SSSR count). The molecular formula is C16H21NO2S. The van der Waals surface area contributed by atoms with Crippen LogP contribution in [0.1, 0.15) is 31.7 Å². The lowest BCUT2D eigenvalue weighted by atomic mass is 9.89. The molecule has 0 amide bonds. The third-order valence-corrected chi connectivity index (χ3v) is 7.12. The summed E-state index contributed by atoms with van der Waals surface area (Å²) in [6, 6.07) is 7.12. The monoisotopic (exact) mass is 291 g/mol. The van der Waals surface area contributed by atoms with Gasteiger partial charge >= 0.3 is 0 Å². The van der Waals surface area contributed by atoms with Crippen molar-refractivity contribution in [1.29, 1.82) is 0 Å². The summed E-state index contributed by atoms with van der Waals surface area (Å²) in [6.45, 7) is 8.75. The van der Waals surface area contributed by atoms with E-state index in [4.69, 9.17) is 0 Å². The number of fused-ring (bicyclic) bond motifs is 1. The maximum absolute atomic E-state index is 12.9. The molecule has 108 valence electrons. The molecule has 4 heteroatoms. The average molecular weight is 291 g/mol. The number of nitrogens with zero attached hydrogens (tertiary/aromatic N) is 1. The Morgan fingerprint density at radius 3 is 2.55 bits per heavy atom. The lowest BCUT2D eigenvalue weighted by molar-refractivity contribution is 0.280. The Balaban J connectivity index is 2.04. The van der Waals surface area contributed by atoms with Crippen LogP contribution in [0, 0.1) is 12.8 Å². The predicted octanol–water partition coefficient (Wildman–Crippen LogP) is 3.11. The van der Waals surface area contributed by atoms with Gasteiger partial charge in [0.25, 0.3) is 0 Å². The molecule has 1 aromatic carbocycles. The Morgan fingerprint density at radius 2 is 1.90 bits per heavy atom. The highest BCUT2D eigenvalue weighted by Gasteiger charge is 2.54. The van der Waals surface area contributed by atoms with E-state index in [0.717, 1.165) is 30.4 Å². The van der Waals surface area contributed by atoms with Crippen molar-refractivity contribution in [3.05, 3.63) is 42.0 Å². The molecule has 0 bridgehead atoms. The minimum Gasteiger partial charge on any atom is -0.207 e. The molecule has 0 radical (unpaired) electrons. The molecule has 0 N–H and O–H groups in total. The predicted molar refractivity (Wildman–Crippen MR) is 80.0 cm³/mol. The summed E-state index contributed by atoms with van der Waals surface area (Å²) in [5, 5.41) is 0. The normalized spacial score (nSPS) is 30.7. The number of hydrogen-bond donors (Lipinski definition) is 0. The number of hydrogen-bond acceptors (Lipinski definition) is 2. The fraction of sp³-hybridized carbons (Fsp3) is 0.500. The fourth-order valence-corrected chi connectivity index (χ4v) is 5.55. The summed E-state index contributed by atoms with van der Waals surface area (Å²) in [4.78, 5) is 0.393. The van der Waals surface area contributed by atoms with Crippen molar-refractivity contribution in [3.63, 3.8) is 0 Å². The smallest absolute Gasteiger partial charge is 0.207 e. The van der Waals surface area contributed by atoms with Gasteiger partial charge in [-0.2, -0.15) is 4.31 Å². The maximum Gasteiger partial charge on any atom is 0.243 e. The first-order valence-electron chi connectivity index (χ1n) is 7.14. The second kappa shape index (κ2) is 4.43. The van der Waals surface area contributed by atoms with Gasteiger partial charge < -0.3 is 0 Å². The average Bonchev–Trinajstić information content (AvgIpc) is 2.87. The molecule has 2 atom stereocenters. The molecule has 0 aromatic heterocycles. The van der Waals surface area contributed by atoms with Gasteiger partial charge in [0.1, 0.15) is 0 Å². The zero-order valence-electron chi connectivity index (χ0n) is 12.1. The largest absolute Gasteiger partial charge is 0.243 e. The molecule has 1 heterocycles. The number of sulfonamides is 1. The molecule has 1 aliphatic carbocycles. The van der Waals surface area contributed by atoms with Gasteiger partial charge in [-0.3, -0.25) is 0 Å². The van der Waals surface area contributed by atoms with Crippen molar-refractivity contribution in [2.75, 3.05) is 6.54 Å². The summed E-state index contributed by atoms with van der Waals surface area (Å²) < 4.78 is 27.5. The number of rotatable bonds is 2. The van der Waals surface area contributed by atoms with Crippen molar-refractivity contribution in [3.8, 4) is 0 Å². The van der Waals surface area contributed by atoms with Crippen LogP contribution >= 0.6 is 0 Å². The third-order valence-electron chi connectivity index (χ3n) is 5.11. The molecule has 0 spiro atoms. The Labute approximate surface area is 121 Å². The van der Waals surface area contributed by atoms with Crippen molar-refractivity contribution >= 4 is 10.0 Å². The summed E-state index contributed by atoms with van der Waals surface area (Å²) in [7, 11) is -3.43. The molecular weight excluding hydrogens is 270 g/mol. The summed E-state index contributed by atoms with van der Waals surface area (Å²) >= 11 is 0. The van der Waals surface area contributed by atoms with Crippen LogP contribution in [0.4, 0.5) is 0 Å². The lowest BCUT2D eigenvalue weighted by Gasteiger charge is -2.35. The van der Waals surface area contributed by atoms with Crippen LogP contribution in [0.15, 0.2) is 41.3 Å². The summed E-state index contributed by atoms with van der Waals surface area (Å²) in [6.07, 6.45) is 2.96. The van der Waals surface area contributed by atoms with Crippen LogP contribution in [0.25, 0.3) is 0 Å². The maximum atomic E-state index is 12.9. The molecule has 1 saturated carbocycles. The first-order chi connectivity index (χ1) is 9.36. The molecule has 2 aliphatic rings. The topological polar surface area (TPSA) is 37.4 Å². The van der Waals surface area contributed by atoms with E-state index in [2.05, 4.69) is 6.58 Å². The van der Waals surface area contributed by atoms with Gasteiger partial charge in [-0.25, -0.2) is 8.42 Å². The van der Waals surface area contributed by atoms with Gasteiger partial charge in [0, 0.05) is 6.54 Å². The second-order valence-electron chi connectivity index (χ2n) is 6.17. The summed E-state index contributed by atoms with van der Waals surface area (Å²) in [5.41, 5.74) is 1.75. The van der Waals surface area contributed by atoms with E-state index in [9.17, 15) is 8.42 Å².